The Morgan fingerprint density at radius 1 is 1.50 bits per heavy atom. The van der Waals surface area contributed by atoms with Crippen LogP contribution in [0.3, 0.4) is 0 Å². The Kier molecular flexibility index (Phi) is 5.68. The molecule has 2 amide bonds. The van der Waals surface area contributed by atoms with Crippen LogP contribution in [0.2, 0.25) is 0 Å². The Balaban J connectivity index is 1.81. The molecule has 0 bridgehead atoms. The average molecular weight is 371 g/mol. The standard InChI is InChI=1S/C19H21N3O3S/c1-3-5-6-17(23)21-19-20-14(12-26-19)13-7-8-16-15(10-13)22(9-4-2)18(24)11-25-16/h4,7-8,10,12H,2-3,5-6,9,11H2,1H3,(H,20,21,23). The lowest BCUT2D eigenvalue weighted by molar-refractivity contribution is -0.121. The fourth-order valence-electron chi connectivity index (χ4n) is 2.67. The third-order valence-corrected chi connectivity index (χ3v) is 4.78. The predicted octanol–water partition coefficient (Wildman–Crippen LogP) is 3.85. The van der Waals surface area contributed by atoms with Gasteiger partial charge in [0, 0.05) is 23.9 Å². The number of carbonyl (C=O) groups excluding carboxylic acids is 2. The second-order valence-corrected chi connectivity index (χ2v) is 6.81. The third kappa shape index (κ3) is 3.94. The van der Waals surface area contributed by atoms with Crippen molar-refractivity contribution < 1.29 is 14.3 Å². The second-order valence-electron chi connectivity index (χ2n) is 5.95. The SMILES string of the molecule is C=CCN1C(=O)COc2ccc(-c3csc(NC(=O)CCCC)n3)cc21. The van der Waals surface area contributed by atoms with Crippen LogP contribution in [0.4, 0.5) is 10.8 Å². The van der Waals surface area contributed by atoms with Gasteiger partial charge in [0.1, 0.15) is 5.75 Å². The van der Waals surface area contributed by atoms with Crippen LogP contribution in [0.1, 0.15) is 26.2 Å². The quantitative estimate of drug-likeness (QED) is 0.751. The van der Waals surface area contributed by atoms with Gasteiger partial charge < -0.3 is 15.0 Å². The fraction of sp³-hybridized carbons (Fsp3) is 0.316. The number of carbonyl (C=O) groups is 2. The Morgan fingerprint density at radius 2 is 2.35 bits per heavy atom. The van der Waals surface area contributed by atoms with Crippen molar-refractivity contribution in [2.24, 2.45) is 0 Å². The molecular weight excluding hydrogens is 350 g/mol. The van der Waals surface area contributed by atoms with Gasteiger partial charge in [-0.2, -0.15) is 0 Å². The molecule has 3 rings (SSSR count). The number of fused-ring (bicyclic) bond motifs is 1. The molecule has 2 heterocycles. The van der Waals surface area contributed by atoms with Crippen LogP contribution in [-0.2, 0) is 9.59 Å². The van der Waals surface area contributed by atoms with Crippen LogP contribution in [0.5, 0.6) is 5.75 Å². The highest BCUT2D eigenvalue weighted by molar-refractivity contribution is 7.14. The molecule has 1 N–H and O–H groups in total. The first-order valence-corrected chi connectivity index (χ1v) is 9.44. The van der Waals surface area contributed by atoms with Crippen LogP contribution < -0.4 is 15.0 Å². The predicted molar refractivity (Wildman–Crippen MR) is 104 cm³/mol. The molecule has 0 spiro atoms. The molecule has 1 aromatic carbocycles. The lowest BCUT2D eigenvalue weighted by Gasteiger charge is -2.28. The summed E-state index contributed by atoms with van der Waals surface area (Å²) in [5.74, 6) is 0.546. The molecule has 0 aliphatic carbocycles. The van der Waals surface area contributed by atoms with Crippen LogP contribution in [0.15, 0.2) is 36.2 Å². The van der Waals surface area contributed by atoms with Crippen LogP contribution in [-0.4, -0.2) is 29.9 Å². The summed E-state index contributed by atoms with van der Waals surface area (Å²) >= 11 is 1.38. The Hall–Kier alpha value is -2.67. The fourth-order valence-corrected chi connectivity index (χ4v) is 3.41. The molecule has 6 nitrogen and oxygen atoms in total. The molecule has 0 fully saturated rings. The molecule has 136 valence electrons. The smallest absolute Gasteiger partial charge is 0.265 e. The summed E-state index contributed by atoms with van der Waals surface area (Å²) < 4.78 is 5.50. The number of amides is 2. The van der Waals surface area contributed by atoms with Crippen molar-refractivity contribution >= 4 is 34.0 Å². The zero-order valence-corrected chi connectivity index (χ0v) is 15.5. The maximum absolute atomic E-state index is 12.1. The van der Waals surface area contributed by atoms with E-state index in [1.807, 2.05) is 23.6 Å². The molecule has 0 radical (unpaired) electrons. The summed E-state index contributed by atoms with van der Waals surface area (Å²) in [6, 6.07) is 5.62. The first kappa shape index (κ1) is 18.1. The summed E-state index contributed by atoms with van der Waals surface area (Å²) in [5.41, 5.74) is 2.32. The number of nitrogens with zero attached hydrogens (tertiary/aromatic N) is 2. The maximum Gasteiger partial charge on any atom is 0.265 e. The van der Waals surface area contributed by atoms with Crippen molar-refractivity contribution in [2.75, 3.05) is 23.4 Å². The first-order chi connectivity index (χ1) is 12.6. The molecule has 0 saturated heterocycles. The molecule has 1 aliphatic heterocycles. The van der Waals surface area contributed by atoms with Gasteiger partial charge in [-0.1, -0.05) is 19.4 Å². The molecule has 1 aliphatic rings. The van der Waals surface area contributed by atoms with Gasteiger partial charge in [0.2, 0.25) is 5.91 Å². The summed E-state index contributed by atoms with van der Waals surface area (Å²) in [5, 5.41) is 5.30. The van der Waals surface area contributed by atoms with E-state index in [0.717, 1.165) is 24.1 Å². The van der Waals surface area contributed by atoms with Crippen molar-refractivity contribution in [1.82, 2.24) is 4.98 Å². The minimum atomic E-state index is -0.100. The molecule has 7 heteroatoms. The maximum atomic E-state index is 12.1. The lowest BCUT2D eigenvalue weighted by Crippen LogP contribution is -2.38. The Morgan fingerprint density at radius 3 is 3.12 bits per heavy atom. The third-order valence-electron chi connectivity index (χ3n) is 4.02. The van der Waals surface area contributed by atoms with E-state index in [-0.39, 0.29) is 18.4 Å². The molecule has 26 heavy (non-hydrogen) atoms. The van der Waals surface area contributed by atoms with E-state index in [1.165, 1.54) is 11.3 Å². The van der Waals surface area contributed by atoms with Gasteiger partial charge in [-0.05, 0) is 24.6 Å². The monoisotopic (exact) mass is 371 g/mol. The zero-order chi connectivity index (χ0) is 18.5. The van der Waals surface area contributed by atoms with Gasteiger partial charge in [-0.3, -0.25) is 9.59 Å². The number of nitrogens with one attached hydrogen (secondary N) is 1. The average Bonchev–Trinajstić information content (AvgIpc) is 3.10. The van der Waals surface area contributed by atoms with E-state index >= 15 is 0 Å². The molecule has 2 aromatic rings. The van der Waals surface area contributed by atoms with Gasteiger partial charge in [0.15, 0.2) is 11.7 Å². The van der Waals surface area contributed by atoms with Crippen molar-refractivity contribution in [3.05, 3.63) is 36.2 Å². The number of thiazole rings is 1. The van der Waals surface area contributed by atoms with Crippen molar-refractivity contribution in [2.45, 2.75) is 26.2 Å². The first-order valence-electron chi connectivity index (χ1n) is 8.56. The van der Waals surface area contributed by atoms with Crippen molar-refractivity contribution in [3.8, 4) is 17.0 Å². The van der Waals surface area contributed by atoms with E-state index in [1.54, 1.807) is 11.0 Å². The topological polar surface area (TPSA) is 71.5 Å². The van der Waals surface area contributed by atoms with Gasteiger partial charge in [-0.25, -0.2) is 4.98 Å². The summed E-state index contributed by atoms with van der Waals surface area (Å²) in [4.78, 5) is 30.1. The van der Waals surface area contributed by atoms with E-state index in [9.17, 15) is 9.59 Å². The Bertz CT molecular complexity index is 831. The van der Waals surface area contributed by atoms with Gasteiger partial charge in [0.05, 0.1) is 11.4 Å². The van der Waals surface area contributed by atoms with E-state index in [0.29, 0.717) is 29.5 Å². The van der Waals surface area contributed by atoms with Gasteiger partial charge >= 0.3 is 0 Å². The summed E-state index contributed by atoms with van der Waals surface area (Å²) in [7, 11) is 0. The number of hydrogen-bond donors (Lipinski definition) is 1. The van der Waals surface area contributed by atoms with E-state index in [2.05, 4.69) is 23.8 Å². The molecule has 0 unspecified atom stereocenters. The number of rotatable bonds is 7. The number of hydrogen-bond acceptors (Lipinski definition) is 5. The number of aromatic nitrogens is 1. The highest BCUT2D eigenvalue weighted by atomic mass is 32.1. The Labute approximate surface area is 156 Å². The number of unbranched alkanes of at least 4 members (excludes halogenated alkanes) is 1. The normalized spacial score (nSPS) is 13.1. The number of ether oxygens (including phenoxy) is 1. The van der Waals surface area contributed by atoms with E-state index < -0.39 is 0 Å². The molecule has 1 aromatic heterocycles. The lowest BCUT2D eigenvalue weighted by atomic mass is 10.1. The number of anilines is 2. The van der Waals surface area contributed by atoms with Gasteiger partial charge in [0.25, 0.3) is 5.91 Å². The molecule has 0 atom stereocenters. The minimum Gasteiger partial charge on any atom is -0.482 e. The van der Waals surface area contributed by atoms with Crippen LogP contribution >= 0.6 is 11.3 Å². The van der Waals surface area contributed by atoms with Crippen LogP contribution in [0, 0.1) is 0 Å². The van der Waals surface area contributed by atoms with Crippen LogP contribution in [0.25, 0.3) is 11.3 Å². The molecule has 0 saturated carbocycles. The second kappa shape index (κ2) is 8.14. The summed E-state index contributed by atoms with van der Waals surface area (Å²) in [6.45, 7) is 6.22. The molecular formula is C19H21N3O3S. The van der Waals surface area contributed by atoms with Crippen molar-refractivity contribution in [1.29, 1.82) is 0 Å². The zero-order valence-electron chi connectivity index (χ0n) is 14.7. The van der Waals surface area contributed by atoms with E-state index in [4.69, 9.17) is 4.74 Å². The largest absolute Gasteiger partial charge is 0.482 e. The van der Waals surface area contributed by atoms with Crippen molar-refractivity contribution in [3.63, 3.8) is 0 Å². The minimum absolute atomic E-state index is 0.0191. The summed E-state index contributed by atoms with van der Waals surface area (Å²) in [6.07, 6.45) is 4.03. The van der Waals surface area contributed by atoms with Gasteiger partial charge in [-0.15, -0.1) is 17.9 Å². The highest BCUT2D eigenvalue weighted by Crippen LogP contribution is 2.36. The highest BCUT2D eigenvalue weighted by Gasteiger charge is 2.25. The number of benzene rings is 1.